The first kappa shape index (κ1) is 16.8. The van der Waals surface area contributed by atoms with E-state index in [0.29, 0.717) is 32.2 Å². The van der Waals surface area contributed by atoms with Gasteiger partial charge in [-0.3, -0.25) is 0 Å². The number of pyridine rings is 1. The van der Waals surface area contributed by atoms with Gasteiger partial charge in [-0.2, -0.15) is 0 Å². The molecule has 1 aliphatic rings. The first-order valence-corrected chi connectivity index (χ1v) is 9.26. The van der Waals surface area contributed by atoms with Crippen LogP contribution in [-0.2, 0) is 17.9 Å². The Balaban J connectivity index is 1.39. The van der Waals surface area contributed by atoms with Crippen LogP contribution in [0.15, 0.2) is 48.5 Å². The molecule has 7 heteroatoms. The van der Waals surface area contributed by atoms with Crippen LogP contribution in [0.5, 0.6) is 11.5 Å². The SMILES string of the molecule is Nc1nc2cc(OCCOc3ccccc3)ccc2c2c1nc1n2CCOC1. The molecule has 0 atom stereocenters. The fraction of sp³-hybridized carbons (Fsp3) is 0.238. The van der Waals surface area contributed by atoms with Crippen LogP contribution >= 0.6 is 0 Å². The molecular weight excluding hydrogens is 356 g/mol. The lowest BCUT2D eigenvalue weighted by Gasteiger charge is -2.15. The molecule has 0 saturated heterocycles. The Bertz CT molecular complexity index is 1140. The molecule has 0 radical (unpaired) electrons. The van der Waals surface area contributed by atoms with Crippen molar-refractivity contribution in [3.8, 4) is 11.5 Å². The Labute approximate surface area is 161 Å². The van der Waals surface area contributed by atoms with Crippen LogP contribution in [-0.4, -0.2) is 34.4 Å². The molecule has 7 nitrogen and oxygen atoms in total. The summed E-state index contributed by atoms with van der Waals surface area (Å²) in [6.45, 7) is 2.84. The van der Waals surface area contributed by atoms with Gasteiger partial charge in [0.25, 0.3) is 0 Å². The predicted octanol–water partition coefficient (Wildman–Crippen LogP) is 3.15. The number of nitrogens with two attached hydrogens (primary N) is 1. The number of imidazole rings is 1. The number of rotatable bonds is 5. The number of nitrogens with zero attached hydrogens (tertiary/aromatic N) is 3. The fourth-order valence-corrected chi connectivity index (χ4v) is 3.53. The Hall–Kier alpha value is -3.32. The van der Waals surface area contributed by atoms with Crippen molar-refractivity contribution < 1.29 is 14.2 Å². The first-order chi connectivity index (χ1) is 13.8. The van der Waals surface area contributed by atoms with E-state index in [9.17, 15) is 0 Å². The number of benzene rings is 2. The molecule has 5 rings (SSSR count). The van der Waals surface area contributed by atoms with Gasteiger partial charge in [0.15, 0.2) is 5.82 Å². The molecule has 1 aliphatic heterocycles. The smallest absolute Gasteiger partial charge is 0.152 e. The van der Waals surface area contributed by atoms with Crippen LogP contribution in [0.25, 0.3) is 21.9 Å². The lowest BCUT2D eigenvalue weighted by Crippen LogP contribution is -2.16. The van der Waals surface area contributed by atoms with E-state index in [1.165, 1.54) is 0 Å². The Morgan fingerprint density at radius 1 is 1.00 bits per heavy atom. The molecule has 0 aliphatic carbocycles. The van der Waals surface area contributed by atoms with Crippen molar-refractivity contribution in [1.82, 2.24) is 14.5 Å². The van der Waals surface area contributed by atoms with Crippen molar-refractivity contribution in [1.29, 1.82) is 0 Å². The Morgan fingerprint density at radius 2 is 1.82 bits per heavy atom. The van der Waals surface area contributed by atoms with E-state index >= 15 is 0 Å². The highest BCUT2D eigenvalue weighted by atomic mass is 16.5. The van der Waals surface area contributed by atoms with Crippen molar-refractivity contribution in [2.75, 3.05) is 25.6 Å². The number of hydrogen-bond acceptors (Lipinski definition) is 6. The normalized spacial score (nSPS) is 13.6. The molecule has 2 aromatic carbocycles. The summed E-state index contributed by atoms with van der Waals surface area (Å²) in [6, 6.07) is 15.6. The van der Waals surface area contributed by atoms with Crippen LogP contribution in [0.4, 0.5) is 5.82 Å². The third-order valence-corrected chi connectivity index (χ3v) is 4.81. The summed E-state index contributed by atoms with van der Waals surface area (Å²) in [5, 5.41) is 1.01. The average molecular weight is 376 g/mol. The topological polar surface area (TPSA) is 84.4 Å². The summed E-state index contributed by atoms with van der Waals surface area (Å²) in [6.07, 6.45) is 0. The second-order valence-electron chi connectivity index (χ2n) is 6.62. The molecule has 3 heterocycles. The van der Waals surface area contributed by atoms with Crippen LogP contribution in [0.2, 0.25) is 0 Å². The van der Waals surface area contributed by atoms with E-state index in [0.717, 1.165) is 45.8 Å². The number of ether oxygens (including phenoxy) is 3. The van der Waals surface area contributed by atoms with E-state index in [1.807, 2.05) is 48.5 Å². The Morgan fingerprint density at radius 3 is 2.68 bits per heavy atom. The van der Waals surface area contributed by atoms with Gasteiger partial charge in [-0.25, -0.2) is 9.97 Å². The van der Waals surface area contributed by atoms with Crippen LogP contribution in [0, 0.1) is 0 Å². The van der Waals surface area contributed by atoms with Crippen LogP contribution in [0.1, 0.15) is 5.82 Å². The van der Waals surface area contributed by atoms with Gasteiger partial charge in [0.05, 0.1) is 17.6 Å². The molecule has 0 unspecified atom stereocenters. The first-order valence-electron chi connectivity index (χ1n) is 9.26. The number of hydrogen-bond donors (Lipinski definition) is 1. The van der Waals surface area contributed by atoms with Gasteiger partial charge in [0.1, 0.15) is 42.7 Å². The minimum absolute atomic E-state index is 0.425. The number of aromatic nitrogens is 3. The van der Waals surface area contributed by atoms with Crippen molar-refractivity contribution in [3.05, 3.63) is 54.4 Å². The highest BCUT2D eigenvalue weighted by Gasteiger charge is 2.19. The molecule has 28 heavy (non-hydrogen) atoms. The molecule has 0 fully saturated rings. The quantitative estimate of drug-likeness (QED) is 0.539. The lowest BCUT2D eigenvalue weighted by atomic mass is 10.1. The van der Waals surface area contributed by atoms with Crippen molar-refractivity contribution in [2.24, 2.45) is 0 Å². The summed E-state index contributed by atoms with van der Waals surface area (Å²) in [7, 11) is 0. The number of fused-ring (bicyclic) bond motifs is 5. The Kier molecular flexibility index (Phi) is 4.21. The number of nitrogen functional groups attached to an aromatic ring is 1. The minimum atomic E-state index is 0.425. The van der Waals surface area contributed by atoms with Gasteiger partial charge in [0, 0.05) is 18.0 Å². The van der Waals surface area contributed by atoms with E-state index in [1.54, 1.807) is 0 Å². The maximum atomic E-state index is 6.18. The summed E-state index contributed by atoms with van der Waals surface area (Å²) in [5.74, 6) is 2.88. The maximum Gasteiger partial charge on any atom is 0.152 e. The molecule has 0 bridgehead atoms. The average Bonchev–Trinajstić information content (AvgIpc) is 3.13. The lowest BCUT2D eigenvalue weighted by molar-refractivity contribution is 0.0831. The molecule has 0 spiro atoms. The maximum absolute atomic E-state index is 6.18. The zero-order valence-electron chi connectivity index (χ0n) is 15.3. The fourth-order valence-electron chi connectivity index (χ4n) is 3.53. The molecule has 0 amide bonds. The second-order valence-corrected chi connectivity index (χ2v) is 6.62. The third kappa shape index (κ3) is 2.99. The standard InChI is InChI=1S/C21H20N4O3/c22-21-19-20(25-8-9-26-13-18(25)24-19)16-7-6-15(12-17(16)23-21)28-11-10-27-14-4-2-1-3-5-14/h1-7,12H,8-11,13H2,(H2,22,23). The molecule has 2 aromatic heterocycles. The van der Waals surface area contributed by atoms with Gasteiger partial charge in [-0.1, -0.05) is 18.2 Å². The van der Waals surface area contributed by atoms with Gasteiger partial charge in [0.2, 0.25) is 0 Å². The highest BCUT2D eigenvalue weighted by molar-refractivity contribution is 6.06. The van der Waals surface area contributed by atoms with Crippen molar-refractivity contribution in [2.45, 2.75) is 13.2 Å². The van der Waals surface area contributed by atoms with Gasteiger partial charge in [-0.15, -0.1) is 0 Å². The minimum Gasteiger partial charge on any atom is -0.490 e. The molecule has 142 valence electrons. The monoisotopic (exact) mass is 376 g/mol. The summed E-state index contributed by atoms with van der Waals surface area (Å²) in [5.41, 5.74) is 8.72. The highest BCUT2D eigenvalue weighted by Crippen LogP contribution is 2.31. The number of anilines is 1. The van der Waals surface area contributed by atoms with E-state index in [2.05, 4.69) is 14.5 Å². The van der Waals surface area contributed by atoms with Crippen LogP contribution < -0.4 is 15.2 Å². The molecular formula is C21H20N4O3. The van der Waals surface area contributed by atoms with Gasteiger partial charge >= 0.3 is 0 Å². The van der Waals surface area contributed by atoms with Gasteiger partial charge in [-0.05, 0) is 24.3 Å². The van der Waals surface area contributed by atoms with Crippen LogP contribution in [0.3, 0.4) is 0 Å². The van der Waals surface area contributed by atoms with Crippen molar-refractivity contribution >= 4 is 27.8 Å². The third-order valence-electron chi connectivity index (χ3n) is 4.81. The largest absolute Gasteiger partial charge is 0.490 e. The zero-order chi connectivity index (χ0) is 18.9. The summed E-state index contributed by atoms with van der Waals surface area (Å²) >= 11 is 0. The summed E-state index contributed by atoms with van der Waals surface area (Å²) < 4.78 is 19.2. The molecule has 0 saturated carbocycles. The summed E-state index contributed by atoms with van der Waals surface area (Å²) in [4.78, 5) is 9.15. The van der Waals surface area contributed by atoms with E-state index in [-0.39, 0.29) is 0 Å². The number of para-hydroxylation sites is 1. The zero-order valence-corrected chi connectivity index (χ0v) is 15.3. The van der Waals surface area contributed by atoms with E-state index in [4.69, 9.17) is 19.9 Å². The van der Waals surface area contributed by atoms with E-state index < -0.39 is 0 Å². The molecule has 2 N–H and O–H groups in total. The predicted molar refractivity (Wildman–Crippen MR) is 107 cm³/mol. The van der Waals surface area contributed by atoms with Gasteiger partial charge < -0.3 is 24.5 Å². The molecule has 4 aromatic rings. The second kappa shape index (κ2) is 7.01. The van der Waals surface area contributed by atoms with Crippen molar-refractivity contribution in [3.63, 3.8) is 0 Å².